The zero-order chi connectivity index (χ0) is 6.57. The summed E-state index contributed by atoms with van der Waals surface area (Å²) in [5.41, 5.74) is 0. The summed E-state index contributed by atoms with van der Waals surface area (Å²) in [6.45, 7) is -0.338. The van der Waals surface area contributed by atoms with Crippen molar-refractivity contribution >= 4 is 5.97 Å². The molecular formula is C4H7LiO4. The molecule has 9 heavy (non-hydrogen) atoms. The van der Waals surface area contributed by atoms with Gasteiger partial charge in [0.05, 0.1) is 12.1 Å². The van der Waals surface area contributed by atoms with Crippen LogP contribution in [0.3, 0.4) is 0 Å². The Hall–Kier alpha value is -0.0126. The number of aliphatic hydroxyl groups is 2. The Kier molecular flexibility index (Phi) is 7.98. The molecule has 0 saturated heterocycles. The maximum atomic E-state index is 9.62. The van der Waals surface area contributed by atoms with Crippen molar-refractivity contribution in [1.82, 2.24) is 0 Å². The first-order valence-corrected chi connectivity index (χ1v) is 2.18. The molecule has 4 nitrogen and oxygen atoms in total. The zero-order valence-electron chi connectivity index (χ0n) is 5.20. The minimum Gasteiger partial charge on any atom is -0.547 e. The van der Waals surface area contributed by atoms with Crippen LogP contribution in [0, 0.1) is 0 Å². The Balaban J connectivity index is 0. The molecule has 0 radical (unpaired) electrons. The van der Waals surface area contributed by atoms with Crippen LogP contribution in [0.5, 0.6) is 0 Å². The summed E-state index contributed by atoms with van der Waals surface area (Å²) in [5, 5.41) is 26.0. The van der Waals surface area contributed by atoms with Crippen LogP contribution in [0.1, 0.15) is 6.42 Å². The number of carboxylic acid groups (broad SMARTS) is 1. The van der Waals surface area contributed by atoms with Gasteiger partial charge in [-0.15, -0.1) is 0 Å². The number of carbonyl (C=O) groups is 1. The van der Waals surface area contributed by atoms with E-state index in [2.05, 4.69) is 0 Å². The summed E-state index contributed by atoms with van der Waals surface area (Å²) in [6.07, 6.45) is -1.69. The predicted molar refractivity (Wildman–Crippen MR) is 22.7 cm³/mol. The number of rotatable bonds is 3. The van der Waals surface area contributed by atoms with Crippen LogP contribution in [0.4, 0.5) is 0 Å². The molecule has 0 aliphatic heterocycles. The third-order valence-corrected chi connectivity index (χ3v) is 0.675. The molecule has 48 valence electrons. The van der Waals surface area contributed by atoms with Crippen LogP contribution >= 0.6 is 0 Å². The van der Waals surface area contributed by atoms with E-state index in [1.165, 1.54) is 0 Å². The van der Waals surface area contributed by atoms with Gasteiger partial charge in [-0.3, -0.25) is 0 Å². The third kappa shape index (κ3) is 5.86. The summed E-state index contributed by atoms with van der Waals surface area (Å²) >= 11 is 0. The summed E-state index contributed by atoms with van der Waals surface area (Å²) in [7, 11) is 0. The molecule has 0 aromatic carbocycles. The molecule has 5 heteroatoms. The number of carbonyl (C=O) groups excluding carboxylic acids is 1. The second-order valence-corrected chi connectivity index (χ2v) is 1.35. The van der Waals surface area contributed by atoms with E-state index < -0.39 is 12.1 Å². The van der Waals surface area contributed by atoms with Gasteiger partial charge in [-0.05, 0) is 0 Å². The van der Waals surface area contributed by atoms with Crippen molar-refractivity contribution in [2.75, 3.05) is 6.61 Å². The van der Waals surface area contributed by atoms with Crippen molar-refractivity contribution in [2.24, 2.45) is 0 Å². The number of hydrogen-bond donors (Lipinski definition) is 2. The van der Waals surface area contributed by atoms with E-state index in [9.17, 15) is 9.90 Å². The van der Waals surface area contributed by atoms with E-state index in [1.807, 2.05) is 0 Å². The smallest absolute Gasteiger partial charge is 0.547 e. The van der Waals surface area contributed by atoms with Crippen LogP contribution in [0.25, 0.3) is 0 Å². The van der Waals surface area contributed by atoms with E-state index in [1.54, 1.807) is 0 Å². The number of carboxylic acids is 1. The average Bonchev–Trinajstić information content (AvgIpc) is 1.67. The van der Waals surface area contributed by atoms with Crippen molar-refractivity contribution in [3.63, 3.8) is 0 Å². The van der Waals surface area contributed by atoms with Gasteiger partial charge < -0.3 is 20.1 Å². The fourth-order valence-electron chi connectivity index (χ4n) is 0.240. The minimum atomic E-state index is -1.54. The average molecular weight is 126 g/mol. The molecule has 0 unspecified atom stereocenters. The van der Waals surface area contributed by atoms with E-state index in [4.69, 9.17) is 10.2 Å². The van der Waals surface area contributed by atoms with Crippen molar-refractivity contribution in [2.45, 2.75) is 12.5 Å². The molecule has 0 spiro atoms. The van der Waals surface area contributed by atoms with Gasteiger partial charge in [0.25, 0.3) is 0 Å². The Labute approximate surface area is 64.7 Å². The first kappa shape index (κ1) is 11.7. The monoisotopic (exact) mass is 126 g/mol. The molecule has 0 amide bonds. The molecule has 0 aromatic rings. The molecule has 0 aromatic heterocycles. The van der Waals surface area contributed by atoms with Gasteiger partial charge in [0.15, 0.2) is 0 Å². The van der Waals surface area contributed by atoms with Gasteiger partial charge in [0, 0.05) is 13.0 Å². The molecule has 0 saturated carbocycles. The summed E-state index contributed by atoms with van der Waals surface area (Å²) in [5.74, 6) is -1.54. The van der Waals surface area contributed by atoms with Gasteiger partial charge in [-0.1, -0.05) is 0 Å². The Morgan fingerprint density at radius 3 is 2.22 bits per heavy atom. The van der Waals surface area contributed by atoms with Crippen molar-refractivity contribution in [1.29, 1.82) is 0 Å². The third-order valence-electron chi connectivity index (χ3n) is 0.675. The molecular weight excluding hydrogens is 119 g/mol. The first-order chi connectivity index (χ1) is 3.68. The molecule has 2 N–H and O–H groups in total. The Bertz CT molecular complexity index is 84.6. The number of aliphatic hydroxyl groups excluding tert-OH is 2. The van der Waals surface area contributed by atoms with E-state index in [0.717, 1.165) is 0 Å². The number of hydrogen-bond acceptors (Lipinski definition) is 4. The van der Waals surface area contributed by atoms with Gasteiger partial charge in [-0.2, -0.15) is 0 Å². The second kappa shape index (κ2) is 6.11. The van der Waals surface area contributed by atoms with Crippen molar-refractivity contribution < 1.29 is 39.0 Å². The SMILES string of the molecule is O=C([O-])[C@@H](O)CCO.[Li+]. The van der Waals surface area contributed by atoms with Crippen molar-refractivity contribution in [3.05, 3.63) is 0 Å². The largest absolute Gasteiger partial charge is 1.00 e. The molecule has 0 rings (SSSR count). The predicted octanol–water partition coefficient (Wildman–Crippen LogP) is -5.52. The second-order valence-electron chi connectivity index (χ2n) is 1.35. The summed E-state index contributed by atoms with van der Waals surface area (Å²) in [6, 6.07) is 0. The van der Waals surface area contributed by atoms with Crippen LogP contribution in [0.2, 0.25) is 0 Å². The maximum Gasteiger partial charge on any atom is 1.00 e. The normalized spacial score (nSPS) is 11.8. The van der Waals surface area contributed by atoms with Crippen LogP contribution in [0.15, 0.2) is 0 Å². The standard InChI is InChI=1S/C4H8O4.Li/c5-2-1-3(6)4(7)8;/h3,5-6H,1-2H2,(H,7,8);/q;+1/p-1/t3-;/m0./s1. The van der Waals surface area contributed by atoms with Crippen LogP contribution in [-0.4, -0.2) is 28.9 Å². The molecule has 0 fully saturated rings. The fourth-order valence-corrected chi connectivity index (χ4v) is 0.240. The van der Waals surface area contributed by atoms with Gasteiger partial charge in [0.2, 0.25) is 0 Å². The van der Waals surface area contributed by atoms with E-state index in [0.29, 0.717) is 0 Å². The van der Waals surface area contributed by atoms with E-state index in [-0.39, 0.29) is 31.9 Å². The molecule has 0 heterocycles. The number of aliphatic carboxylic acids is 1. The molecule has 0 aliphatic carbocycles. The Morgan fingerprint density at radius 1 is 1.67 bits per heavy atom. The zero-order valence-corrected chi connectivity index (χ0v) is 5.20. The quantitative estimate of drug-likeness (QED) is 0.369. The van der Waals surface area contributed by atoms with Crippen molar-refractivity contribution in [3.8, 4) is 0 Å². The molecule has 0 bridgehead atoms. The van der Waals surface area contributed by atoms with Gasteiger partial charge in [0.1, 0.15) is 0 Å². The topological polar surface area (TPSA) is 80.6 Å². The van der Waals surface area contributed by atoms with Gasteiger partial charge in [-0.25, -0.2) is 0 Å². The van der Waals surface area contributed by atoms with Gasteiger partial charge >= 0.3 is 18.9 Å². The van der Waals surface area contributed by atoms with Crippen LogP contribution in [-0.2, 0) is 4.79 Å². The fraction of sp³-hybridized carbons (Fsp3) is 0.750. The first-order valence-electron chi connectivity index (χ1n) is 2.18. The Morgan fingerprint density at radius 2 is 2.11 bits per heavy atom. The minimum absolute atomic E-state index is 0. The molecule has 1 atom stereocenters. The maximum absolute atomic E-state index is 9.62. The summed E-state index contributed by atoms with van der Waals surface area (Å²) in [4.78, 5) is 9.62. The summed E-state index contributed by atoms with van der Waals surface area (Å²) < 4.78 is 0. The van der Waals surface area contributed by atoms with E-state index >= 15 is 0 Å². The van der Waals surface area contributed by atoms with Crippen LogP contribution < -0.4 is 24.0 Å². The molecule has 0 aliphatic rings.